The molecule has 0 amide bonds. The van der Waals surface area contributed by atoms with E-state index in [-0.39, 0.29) is 16.6 Å². The molecule has 1 aliphatic heterocycles. The van der Waals surface area contributed by atoms with E-state index in [9.17, 15) is 9.00 Å². The van der Waals surface area contributed by atoms with Gasteiger partial charge < -0.3 is 0 Å². The van der Waals surface area contributed by atoms with Gasteiger partial charge in [-0.1, -0.05) is 38.7 Å². The number of rotatable bonds is 7. The summed E-state index contributed by atoms with van der Waals surface area (Å²) in [4.78, 5) is 11.8. The topological polar surface area (TPSA) is 37.4 Å². The Morgan fingerprint density at radius 3 is 2.50 bits per heavy atom. The lowest BCUT2D eigenvalue weighted by Gasteiger charge is -2.31. The van der Waals surface area contributed by atoms with Crippen molar-refractivity contribution < 1.29 is 9.00 Å². The predicted octanol–water partition coefficient (Wildman–Crippen LogP) is 3.62. The maximum atomic E-state index is 12.6. The Morgan fingerprint density at radius 1 is 1.35 bits per heavy atom. The molecule has 20 heavy (non-hydrogen) atoms. The zero-order chi connectivity index (χ0) is 15.3. The normalized spacial score (nSPS) is 21.9. The van der Waals surface area contributed by atoms with Crippen molar-refractivity contribution in [3.63, 3.8) is 0 Å². The van der Waals surface area contributed by atoms with Crippen molar-refractivity contribution in [2.24, 2.45) is 0 Å². The van der Waals surface area contributed by atoms with E-state index in [1.165, 1.54) is 19.3 Å². The van der Waals surface area contributed by atoms with Crippen LogP contribution in [0.25, 0.3) is 0 Å². The molecule has 0 aromatic carbocycles. The lowest BCUT2D eigenvalue weighted by Crippen LogP contribution is -2.42. The molecule has 116 valence electrons. The van der Waals surface area contributed by atoms with E-state index in [4.69, 9.17) is 0 Å². The first kappa shape index (κ1) is 17.6. The molecule has 0 radical (unpaired) electrons. The summed E-state index contributed by atoms with van der Waals surface area (Å²) < 4.78 is 14.4. The highest BCUT2D eigenvalue weighted by Gasteiger charge is 2.36. The number of hydrogen-bond donors (Lipinski definition) is 0. The minimum Gasteiger partial charge on any atom is -0.295 e. The van der Waals surface area contributed by atoms with Crippen LogP contribution in [0, 0.1) is 0 Å². The molecule has 0 aromatic rings. The summed E-state index contributed by atoms with van der Waals surface area (Å²) in [5, 5.41) is 0. The van der Waals surface area contributed by atoms with Crippen LogP contribution in [0.1, 0.15) is 66.7 Å². The molecule has 1 rings (SSSR count). The average molecular weight is 299 g/mol. The van der Waals surface area contributed by atoms with Crippen LogP contribution in [0.2, 0.25) is 0 Å². The molecule has 1 heterocycles. The lowest BCUT2D eigenvalue weighted by molar-refractivity contribution is -0.113. The molecule has 0 aromatic heterocycles. The molecule has 0 saturated heterocycles. The van der Waals surface area contributed by atoms with Gasteiger partial charge in [0.15, 0.2) is 5.78 Å². The summed E-state index contributed by atoms with van der Waals surface area (Å²) in [5.74, 6) is 0.124. The first-order valence-corrected chi connectivity index (χ1v) is 8.79. The van der Waals surface area contributed by atoms with E-state index < -0.39 is 11.0 Å². The standard InChI is InChI=1S/C16H29NO2S/c1-6-7-8-9-10-15-14(13(2)18)11-12-17(15)20(19)16(3,4)5/h11,15H,6-10,12H2,1-5H3/t15-,20-/m0/s1. The third kappa shape index (κ3) is 4.52. The van der Waals surface area contributed by atoms with E-state index in [2.05, 4.69) is 6.92 Å². The fraction of sp³-hybridized carbons (Fsp3) is 0.812. The van der Waals surface area contributed by atoms with Gasteiger partial charge in [-0.3, -0.25) is 4.79 Å². The first-order valence-electron chi connectivity index (χ1n) is 7.68. The van der Waals surface area contributed by atoms with Crippen LogP contribution in [0.4, 0.5) is 0 Å². The second-order valence-corrected chi connectivity index (χ2v) is 8.73. The molecule has 0 N–H and O–H groups in total. The van der Waals surface area contributed by atoms with Crippen LogP contribution in [0.5, 0.6) is 0 Å². The van der Waals surface area contributed by atoms with Gasteiger partial charge in [0.25, 0.3) is 0 Å². The summed E-state index contributed by atoms with van der Waals surface area (Å²) in [6.07, 6.45) is 7.63. The Balaban J connectivity index is 2.75. The number of Topliss-reactive ketones (excluding diaryl/α,β-unsaturated/α-hetero) is 1. The van der Waals surface area contributed by atoms with Crippen LogP contribution in [0.3, 0.4) is 0 Å². The minimum absolute atomic E-state index is 0.0458. The van der Waals surface area contributed by atoms with Crippen molar-refractivity contribution in [3.8, 4) is 0 Å². The Labute approximate surface area is 126 Å². The maximum Gasteiger partial charge on any atom is 0.157 e. The number of ketones is 1. The Hall–Kier alpha value is -0.480. The molecule has 0 fully saturated rings. The minimum atomic E-state index is -1.06. The highest BCUT2D eigenvalue weighted by molar-refractivity contribution is 7.84. The molecule has 2 atom stereocenters. The van der Waals surface area contributed by atoms with Crippen molar-refractivity contribution in [1.29, 1.82) is 0 Å². The third-order valence-electron chi connectivity index (χ3n) is 3.67. The Bertz CT molecular complexity index is 396. The largest absolute Gasteiger partial charge is 0.295 e. The molecule has 0 spiro atoms. The van der Waals surface area contributed by atoms with E-state index >= 15 is 0 Å². The third-order valence-corrected chi connectivity index (χ3v) is 5.55. The van der Waals surface area contributed by atoms with E-state index in [1.807, 2.05) is 31.2 Å². The van der Waals surface area contributed by atoms with Gasteiger partial charge in [-0.15, -0.1) is 0 Å². The van der Waals surface area contributed by atoms with Crippen molar-refractivity contribution in [2.75, 3.05) is 6.54 Å². The molecule has 0 bridgehead atoms. The number of nitrogens with zero attached hydrogens (tertiary/aromatic N) is 1. The monoisotopic (exact) mass is 299 g/mol. The van der Waals surface area contributed by atoms with Crippen LogP contribution in [-0.4, -0.2) is 31.6 Å². The SMILES string of the molecule is CCCCCC[C@H]1C(C(C)=O)=CCN1[S@@](=O)C(C)(C)C. The zero-order valence-electron chi connectivity index (χ0n) is 13.6. The van der Waals surface area contributed by atoms with E-state index in [0.717, 1.165) is 18.4 Å². The van der Waals surface area contributed by atoms with Gasteiger partial charge in [0.1, 0.15) is 11.0 Å². The molecule has 3 nitrogen and oxygen atoms in total. The smallest absolute Gasteiger partial charge is 0.157 e. The van der Waals surface area contributed by atoms with Crippen LogP contribution in [-0.2, 0) is 15.8 Å². The highest BCUT2D eigenvalue weighted by atomic mass is 32.2. The summed E-state index contributed by atoms with van der Waals surface area (Å²) in [6.45, 7) is 10.4. The van der Waals surface area contributed by atoms with Crippen molar-refractivity contribution >= 4 is 16.8 Å². The zero-order valence-corrected chi connectivity index (χ0v) is 14.4. The summed E-state index contributed by atoms with van der Waals surface area (Å²) in [6, 6.07) is 0.0458. The summed E-state index contributed by atoms with van der Waals surface area (Å²) in [7, 11) is -1.06. The molecule has 0 unspecified atom stereocenters. The fourth-order valence-electron chi connectivity index (χ4n) is 2.58. The van der Waals surface area contributed by atoms with Crippen LogP contribution < -0.4 is 0 Å². The van der Waals surface area contributed by atoms with Gasteiger partial charge in [-0.25, -0.2) is 8.51 Å². The van der Waals surface area contributed by atoms with E-state index in [1.54, 1.807) is 6.92 Å². The molecule has 0 aliphatic carbocycles. The predicted molar refractivity (Wildman–Crippen MR) is 85.9 cm³/mol. The van der Waals surface area contributed by atoms with Gasteiger partial charge in [-0.05, 0) is 34.1 Å². The van der Waals surface area contributed by atoms with Crippen LogP contribution in [0.15, 0.2) is 11.6 Å². The Morgan fingerprint density at radius 2 is 2.00 bits per heavy atom. The maximum absolute atomic E-state index is 12.6. The van der Waals surface area contributed by atoms with Gasteiger partial charge in [0.05, 0.1) is 10.8 Å². The second-order valence-electron chi connectivity index (χ2n) is 6.54. The molecule has 1 aliphatic rings. The second kappa shape index (κ2) is 7.51. The summed E-state index contributed by atoms with van der Waals surface area (Å²) >= 11 is 0. The molecule has 0 saturated carbocycles. The Kier molecular flexibility index (Phi) is 6.59. The summed E-state index contributed by atoms with van der Waals surface area (Å²) in [5.41, 5.74) is 0.860. The van der Waals surface area contributed by atoms with Gasteiger partial charge in [-0.2, -0.15) is 0 Å². The molecular weight excluding hydrogens is 270 g/mol. The molecule has 4 heteroatoms. The van der Waals surface area contributed by atoms with Gasteiger partial charge in [0, 0.05) is 12.1 Å². The van der Waals surface area contributed by atoms with Crippen molar-refractivity contribution in [2.45, 2.75) is 77.5 Å². The van der Waals surface area contributed by atoms with E-state index in [0.29, 0.717) is 6.54 Å². The number of carbonyl (C=O) groups excluding carboxylic acids is 1. The first-order chi connectivity index (χ1) is 9.29. The van der Waals surface area contributed by atoms with Crippen molar-refractivity contribution in [3.05, 3.63) is 11.6 Å². The highest BCUT2D eigenvalue weighted by Crippen LogP contribution is 2.29. The quantitative estimate of drug-likeness (QED) is 0.673. The van der Waals surface area contributed by atoms with Gasteiger partial charge in [0.2, 0.25) is 0 Å². The lowest BCUT2D eigenvalue weighted by atomic mass is 10.00. The molecular formula is C16H29NO2S. The van der Waals surface area contributed by atoms with Gasteiger partial charge >= 0.3 is 0 Å². The van der Waals surface area contributed by atoms with Crippen LogP contribution >= 0.6 is 0 Å². The number of carbonyl (C=O) groups is 1. The average Bonchev–Trinajstić information content (AvgIpc) is 2.76. The number of hydrogen-bond acceptors (Lipinski definition) is 2. The fourth-order valence-corrected chi connectivity index (χ4v) is 3.95. The van der Waals surface area contributed by atoms with Crippen molar-refractivity contribution in [1.82, 2.24) is 4.31 Å². The number of unbranched alkanes of at least 4 members (excludes halogenated alkanes) is 3.